The lowest BCUT2D eigenvalue weighted by atomic mass is 9.51. The van der Waals surface area contributed by atoms with Crippen molar-refractivity contribution in [3.63, 3.8) is 0 Å². The molecule has 3 saturated heterocycles. The third kappa shape index (κ3) is 3.84. The number of esters is 2. The van der Waals surface area contributed by atoms with Gasteiger partial charge in [0.15, 0.2) is 6.10 Å². The minimum Gasteiger partial charge on any atom is -0.463 e. The van der Waals surface area contributed by atoms with E-state index in [0.717, 1.165) is 12.8 Å². The van der Waals surface area contributed by atoms with Crippen LogP contribution >= 0.6 is 0 Å². The van der Waals surface area contributed by atoms with Crippen LogP contribution in [-0.2, 0) is 38.0 Å². The predicted molar refractivity (Wildman–Crippen MR) is 134 cm³/mol. The molecule has 4 fully saturated rings. The molecule has 10 atom stereocenters. The van der Waals surface area contributed by atoms with Crippen molar-refractivity contribution in [1.82, 2.24) is 0 Å². The van der Waals surface area contributed by atoms with Crippen molar-refractivity contribution in [2.75, 3.05) is 19.8 Å². The standard InChI is InChI=1S/C29H38O9/c1-17-9-10-28-15-34-25(32)24-26(3,38-24)11-12-33-19(18(2)30)7-5-6-8-23(31)37-20-14-22(36-21(28)13-17)29(16-35-29)27(20,28)4/h5-8,13,18-22,24,30H,9-12,14-16H2,1-4H3/b7-5-,8-6-/t18?,19?,20-,21-,22-,24?,26+,27+,28-,29+/m1/s1. The first-order chi connectivity index (χ1) is 18.0. The van der Waals surface area contributed by atoms with Crippen molar-refractivity contribution >= 4 is 11.9 Å². The summed E-state index contributed by atoms with van der Waals surface area (Å²) >= 11 is 0. The topological polar surface area (TPSA) is 116 Å². The monoisotopic (exact) mass is 530 g/mol. The molecule has 0 aromatic heterocycles. The van der Waals surface area contributed by atoms with Crippen molar-refractivity contribution in [2.24, 2.45) is 10.8 Å². The van der Waals surface area contributed by atoms with Gasteiger partial charge >= 0.3 is 11.9 Å². The Kier molecular flexibility index (Phi) is 6.20. The van der Waals surface area contributed by atoms with Crippen LogP contribution in [0.3, 0.4) is 0 Å². The van der Waals surface area contributed by atoms with Crippen LogP contribution in [0.15, 0.2) is 36.0 Å². The molecule has 1 N–H and O–H groups in total. The van der Waals surface area contributed by atoms with E-state index in [2.05, 4.69) is 19.9 Å². The highest BCUT2D eigenvalue weighted by Gasteiger charge is 2.83. The van der Waals surface area contributed by atoms with Crippen molar-refractivity contribution in [3.05, 3.63) is 36.0 Å². The van der Waals surface area contributed by atoms with Crippen molar-refractivity contribution < 1.29 is 43.1 Å². The fourth-order valence-corrected chi connectivity index (χ4v) is 7.37. The van der Waals surface area contributed by atoms with Gasteiger partial charge in [-0.25, -0.2) is 9.59 Å². The van der Waals surface area contributed by atoms with Gasteiger partial charge in [0.1, 0.15) is 30.0 Å². The number of hydrogen-bond donors (Lipinski definition) is 1. The molecule has 4 heterocycles. The molecule has 2 aliphatic carbocycles. The molecule has 38 heavy (non-hydrogen) atoms. The first-order valence-electron chi connectivity index (χ1n) is 13.7. The summed E-state index contributed by atoms with van der Waals surface area (Å²) in [6.45, 7) is 8.66. The first-order valence-corrected chi connectivity index (χ1v) is 13.7. The number of aliphatic hydroxyl groups is 1. The Morgan fingerprint density at radius 2 is 1.89 bits per heavy atom. The van der Waals surface area contributed by atoms with E-state index in [9.17, 15) is 14.7 Å². The molecule has 0 amide bonds. The van der Waals surface area contributed by atoms with Gasteiger partial charge in [0, 0.05) is 24.3 Å². The van der Waals surface area contributed by atoms with Crippen LogP contribution in [0.2, 0.25) is 0 Å². The van der Waals surface area contributed by atoms with Gasteiger partial charge in [-0.2, -0.15) is 0 Å². The van der Waals surface area contributed by atoms with E-state index in [0.29, 0.717) is 19.4 Å². The lowest BCUT2D eigenvalue weighted by Gasteiger charge is -2.58. The van der Waals surface area contributed by atoms with Crippen LogP contribution in [0.1, 0.15) is 53.4 Å². The predicted octanol–water partition coefficient (Wildman–Crippen LogP) is 2.55. The molecule has 0 radical (unpaired) electrons. The summed E-state index contributed by atoms with van der Waals surface area (Å²) in [5.41, 5.74) is -1.25. The summed E-state index contributed by atoms with van der Waals surface area (Å²) in [4.78, 5) is 26.2. The molecule has 0 aromatic rings. The summed E-state index contributed by atoms with van der Waals surface area (Å²) in [6.07, 6.45) is 8.08. The minimum atomic E-state index is -0.754. The SMILES string of the molecule is CC1=C[C@H]2O[C@@H]3C[C@H]4OC(=O)/C=C\C=C/C(C(C)O)OCC[C@]5(C)OC5C(=O)OC[C@@]2(CC1)[C@@]4(C)[C@]31CO1. The number of carbonyl (C=O) groups excluding carboxylic acids is 2. The maximum Gasteiger partial charge on any atom is 0.338 e. The van der Waals surface area contributed by atoms with Crippen molar-refractivity contribution in [2.45, 2.75) is 101 Å². The van der Waals surface area contributed by atoms with E-state index in [1.807, 2.05) is 6.92 Å². The molecular weight excluding hydrogens is 492 g/mol. The smallest absolute Gasteiger partial charge is 0.338 e. The third-order valence-corrected chi connectivity index (χ3v) is 10.1. The fraction of sp³-hybridized carbons (Fsp3) is 0.724. The highest BCUT2D eigenvalue weighted by molar-refractivity contribution is 5.82. The fourth-order valence-electron chi connectivity index (χ4n) is 7.37. The van der Waals surface area contributed by atoms with Crippen LogP contribution in [0.5, 0.6) is 0 Å². The number of epoxide rings is 2. The Morgan fingerprint density at radius 3 is 2.63 bits per heavy atom. The zero-order valence-electron chi connectivity index (χ0n) is 22.5. The second-order valence-corrected chi connectivity index (χ2v) is 12.2. The first kappa shape index (κ1) is 26.2. The van der Waals surface area contributed by atoms with Gasteiger partial charge in [0.25, 0.3) is 0 Å². The maximum absolute atomic E-state index is 13.2. The molecule has 3 unspecified atom stereocenters. The number of rotatable bonds is 1. The number of fused-ring (bicyclic) bond motifs is 1. The van der Waals surface area contributed by atoms with Gasteiger partial charge in [0.2, 0.25) is 0 Å². The molecule has 4 aliphatic heterocycles. The number of allylic oxidation sites excluding steroid dienone is 3. The van der Waals surface area contributed by atoms with E-state index >= 15 is 0 Å². The number of cyclic esters (lactones) is 1. The molecule has 6 rings (SSSR count). The molecule has 9 nitrogen and oxygen atoms in total. The summed E-state index contributed by atoms with van der Waals surface area (Å²) in [6, 6.07) is 0. The summed E-state index contributed by atoms with van der Waals surface area (Å²) < 4.78 is 36.6. The Labute approximate surface area is 223 Å². The summed E-state index contributed by atoms with van der Waals surface area (Å²) in [5, 5.41) is 10.1. The molecular formula is C29H38O9. The van der Waals surface area contributed by atoms with E-state index in [-0.39, 0.29) is 25.4 Å². The van der Waals surface area contributed by atoms with Gasteiger partial charge < -0.3 is 33.5 Å². The Morgan fingerprint density at radius 1 is 1.11 bits per heavy atom. The average molecular weight is 531 g/mol. The van der Waals surface area contributed by atoms with Gasteiger partial charge in [-0.05, 0) is 33.6 Å². The Hall–Kier alpha value is -2.04. The minimum absolute atomic E-state index is 0.123. The van der Waals surface area contributed by atoms with E-state index in [1.165, 1.54) is 11.6 Å². The Balaban J connectivity index is 1.35. The Bertz CT molecular complexity index is 1090. The van der Waals surface area contributed by atoms with Crippen LogP contribution in [0.25, 0.3) is 0 Å². The summed E-state index contributed by atoms with van der Waals surface area (Å²) in [7, 11) is 0. The van der Waals surface area contributed by atoms with E-state index in [4.69, 9.17) is 28.4 Å². The van der Waals surface area contributed by atoms with Crippen LogP contribution < -0.4 is 0 Å². The van der Waals surface area contributed by atoms with Crippen LogP contribution in [-0.4, -0.2) is 84.7 Å². The molecule has 2 spiro atoms. The normalized spacial score (nSPS) is 50.8. The molecule has 0 aromatic carbocycles. The lowest BCUT2D eigenvalue weighted by molar-refractivity contribution is -0.233. The van der Waals surface area contributed by atoms with Gasteiger partial charge in [-0.3, -0.25) is 0 Å². The second-order valence-electron chi connectivity index (χ2n) is 12.2. The zero-order valence-corrected chi connectivity index (χ0v) is 22.5. The molecule has 208 valence electrons. The zero-order chi connectivity index (χ0) is 26.9. The van der Waals surface area contributed by atoms with E-state index < -0.39 is 58.4 Å². The molecule has 6 aliphatic rings. The number of aliphatic hydroxyl groups excluding tert-OH is 1. The largest absolute Gasteiger partial charge is 0.463 e. The van der Waals surface area contributed by atoms with Crippen molar-refractivity contribution in [3.8, 4) is 0 Å². The molecule has 2 bridgehead atoms. The highest BCUT2D eigenvalue weighted by atomic mass is 16.7. The summed E-state index contributed by atoms with van der Waals surface area (Å²) in [5.74, 6) is -0.876. The molecule has 1 saturated carbocycles. The highest BCUT2D eigenvalue weighted by Crippen LogP contribution is 2.72. The number of hydrogen-bond acceptors (Lipinski definition) is 9. The van der Waals surface area contributed by atoms with Gasteiger partial charge in [0.05, 0.1) is 36.9 Å². The molecule has 9 heteroatoms. The number of carbonyl (C=O) groups is 2. The van der Waals surface area contributed by atoms with Crippen LogP contribution in [0, 0.1) is 10.8 Å². The van der Waals surface area contributed by atoms with Gasteiger partial charge in [-0.1, -0.05) is 36.8 Å². The lowest BCUT2D eigenvalue weighted by Crippen LogP contribution is -2.66. The van der Waals surface area contributed by atoms with Crippen LogP contribution in [0.4, 0.5) is 0 Å². The second kappa shape index (κ2) is 8.99. The van der Waals surface area contributed by atoms with E-state index in [1.54, 1.807) is 25.2 Å². The quantitative estimate of drug-likeness (QED) is 0.310. The van der Waals surface area contributed by atoms with Gasteiger partial charge in [-0.15, -0.1) is 0 Å². The van der Waals surface area contributed by atoms with Crippen molar-refractivity contribution in [1.29, 1.82) is 0 Å². The average Bonchev–Trinajstić information content (AvgIpc) is 3.77. The number of ether oxygens (including phenoxy) is 6. The third-order valence-electron chi connectivity index (χ3n) is 10.1. The maximum atomic E-state index is 13.2.